The van der Waals surface area contributed by atoms with Gasteiger partial charge >= 0.3 is 5.97 Å². The molecule has 33 heavy (non-hydrogen) atoms. The summed E-state index contributed by atoms with van der Waals surface area (Å²) >= 11 is 2.63. The average Bonchev–Trinajstić information content (AvgIpc) is 3.12. The number of nitrogens with one attached hydrogen (secondary N) is 1. The summed E-state index contributed by atoms with van der Waals surface area (Å²) in [6.07, 6.45) is 3.05. The lowest BCUT2D eigenvalue weighted by Crippen LogP contribution is -2.24. The summed E-state index contributed by atoms with van der Waals surface area (Å²) in [7, 11) is 0. The van der Waals surface area contributed by atoms with Crippen molar-refractivity contribution >= 4 is 49.1 Å². The third kappa shape index (κ3) is 3.61. The molecule has 0 fully saturated rings. The summed E-state index contributed by atoms with van der Waals surface area (Å²) in [5.74, 6) is 0.533. The molecule has 172 valence electrons. The Balaban J connectivity index is 1.49. The SMILES string of the molecule is Cc1sc2nc(C(C)OC(=O)c3sc4nc5n(c(=O)c4c3C)CCCCC5)[nH]c(=O)c2c1C. The number of hydrogen-bond donors (Lipinski definition) is 1. The minimum atomic E-state index is -0.757. The number of nitrogens with zero attached hydrogens (tertiary/aromatic N) is 3. The maximum Gasteiger partial charge on any atom is 0.349 e. The van der Waals surface area contributed by atoms with Gasteiger partial charge in [-0.15, -0.1) is 22.7 Å². The Kier molecular flexibility index (Phi) is 5.44. The molecule has 0 bridgehead atoms. The molecule has 0 saturated heterocycles. The zero-order chi connectivity index (χ0) is 23.4. The monoisotopic (exact) mass is 484 g/mol. The molecule has 0 radical (unpaired) electrons. The Bertz CT molecular complexity index is 1540. The van der Waals surface area contributed by atoms with Crippen LogP contribution in [-0.2, 0) is 17.7 Å². The van der Waals surface area contributed by atoms with E-state index in [4.69, 9.17) is 9.72 Å². The number of hydrogen-bond acceptors (Lipinski definition) is 8. The number of rotatable bonds is 3. The molecule has 5 rings (SSSR count). The van der Waals surface area contributed by atoms with Crippen molar-refractivity contribution in [2.45, 2.75) is 66.0 Å². The summed E-state index contributed by atoms with van der Waals surface area (Å²) in [6.45, 7) is 7.94. The van der Waals surface area contributed by atoms with Gasteiger partial charge in [0.2, 0.25) is 0 Å². The van der Waals surface area contributed by atoms with Gasteiger partial charge in [0.25, 0.3) is 11.1 Å². The van der Waals surface area contributed by atoms with E-state index in [2.05, 4.69) is 9.97 Å². The lowest BCUT2D eigenvalue weighted by atomic mass is 10.2. The third-order valence-electron chi connectivity index (χ3n) is 6.32. The van der Waals surface area contributed by atoms with Crippen molar-refractivity contribution < 1.29 is 9.53 Å². The van der Waals surface area contributed by atoms with Gasteiger partial charge in [-0.25, -0.2) is 14.8 Å². The van der Waals surface area contributed by atoms with Crippen molar-refractivity contribution in [1.29, 1.82) is 0 Å². The number of ether oxygens (including phenoxy) is 1. The molecule has 4 aromatic rings. The molecule has 10 heteroatoms. The zero-order valence-electron chi connectivity index (χ0n) is 18.9. The molecule has 0 amide bonds. The van der Waals surface area contributed by atoms with Crippen LogP contribution in [0.3, 0.4) is 0 Å². The molecule has 1 aliphatic rings. The first-order valence-electron chi connectivity index (χ1n) is 11.0. The molecule has 1 N–H and O–H groups in total. The number of aromatic amines is 1. The van der Waals surface area contributed by atoms with Crippen molar-refractivity contribution in [1.82, 2.24) is 19.5 Å². The molecule has 1 unspecified atom stereocenters. The predicted molar refractivity (Wildman–Crippen MR) is 130 cm³/mol. The van der Waals surface area contributed by atoms with Crippen molar-refractivity contribution in [2.24, 2.45) is 0 Å². The van der Waals surface area contributed by atoms with Gasteiger partial charge in [-0.2, -0.15) is 0 Å². The van der Waals surface area contributed by atoms with Gasteiger partial charge in [-0.05, 0) is 51.7 Å². The van der Waals surface area contributed by atoms with Gasteiger partial charge in [0.1, 0.15) is 20.4 Å². The normalized spacial score (nSPS) is 14.9. The largest absolute Gasteiger partial charge is 0.450 e. The van der Waals surface area contributed by atoms with Crippen LogP contribution in [-0.4, -0.2) is 25.5 Å². The summed E-state index contributed by atoms with van der Waals surface area (Å²) in [6, 6.07) is 0. The number of thiophene rings is 2. The number of carbonyl (C=O) groups is 1. The van der Waals surface area contributed by atoms with Crippen LogP contribution >= 0.6 is 22.7 Å². The molecule has 0 spiro atoms. The van der Waals surface area contributed by atoms with Crippen LogP contribution in [0.1, 0.15) is 69.6 Å². The molecule has 0 aromatic carbocycles. The van der Waals surface area contributed by atoms with E-state index in [1.54, 1.807) is 18.4 Å². The highest BCUT2D eigenvalue weighted by atomic mass is 32.1. The number of aromatic nitrogens is 4. The third-order valence-corrected chi connectivity index (χ3v) is 8.59. The molecular weight excluding hydrogens is 460 g/mol. The van der Waals surface area contributed by atoms with Crippen LogP contribution in [0.5, 0.6) is 0 Å². The molecule has 4 aromatic heterocycles. The Hall–Kier alpha value is -2.85. The van der Waals surface area contributed by atoms with E-state index < -0.39 is 12.1 Å². The van der Waals surface area contributed by atoms with Crippen molar-refractivity contribution in [3.05, 3.63) is 53.2 Å². The Labute approximate surface area is 197 Å². The number of esters is 1. The van der Waals surface area contributed by atoms with E-state index in [-0.39, 0.29) is 11.1 Å². The van der Waals surface area contributed by atoms with Crippen LogP contribution in [0.4, 0.5) is 0 Å². The highest BCUT2D eigenvalue weighted by Crippen LogP contribution is 2.31. The van der Waals surface area contributed by atoms with Gasteiger partial charge in [0.05, 0.1) is 10.8 Å². The Morgan fingerprint density at radius 2 is 1.79 bits per heavy atom. The zero-order valence-corrected chi connectivity index (χ0v) is 20.5. The van der Waals surface area contributed by atoms with Crippen LogP contribution < -0.4 is 11.1 Å². The van der Waals surface area contributed by atoms with Crippen LogP contribution in [0.2, 0.25) is 0 Å². The highest BCUT2D eigenvalue weighted by Gasteiger charge is 2.25. The Morgan fingerprint density at radius 1 is 1.03 bits per heavy atom. The summed E-state index contributed by atoms with van der Waals surface area (Å²) in [5.41, 5.74) is 1.18. The summed E-state index contributed by atoms with van der Waals surface area (Å²) in [4.78, 5) is 53.4. The van der Waals surface area contributed by atoms with Gasteiger partial charge < -0.3 is 9.72 Å². The van der Waals surface area contributed by atoms with E-state index in [0.29, 0.717) is 43.2 Å². The van der Waals surface area contributed by atoms with Crippen molar-refractivity contribution in [3.8, 4) is 0 Å². The minimum Gasteiger partial charge on any atom is -0.450 e. The van der Waals surface area contributed by atoms with E-state index in [0.717, 1.165) is 41.9 Å². The first kappa shape index (κ1) is 22.0. The molecular formula is C23H24N4O4S2. The minimum absolute atomic E-state index is 0.0855. The van der Waals surface area contributed by atoms with Crippen molar-refractivity contribution in [3.63, 3.8) is 0 Å². The number of H-pyrrole nitrogens is 1. The summed E-state index contributed by atoms with van der Waals surface area (Å²) in [5, 5.41) is 1.06. The van der Waals surface area contributed by atoms with Gasteiger partial charge in [0, 0.05) is 17.8 Å². The lowest BCUT2D eigenvalue weighted by Gasteiger charge is -2.12. The second kappa shape index (κ2) is 8.18. The molecule has 8 nitrogen and oxygen atoms in total. The highest BCUT2D eigenvalue weighted by molar-refractivity contribution is 7.20. The van der Waals surface area contributed by atoms with Crippen molar-refractivity contribution in [2.75, 3.05) is 0 Å². The maximum absolute atomic E-state index is 13.1. The molecule has 0 aliphatic carbocycles. The fourth-order valence-corrected chi connectivity index (χ4v) is 6.45. The topological polar surface area (TPSA) is 107 Å². The fraction of sp³-hybridized carbons (Fsp3) is 0.435. The number of fused-ring (bicyclic) bond motifs is 3. The van der Waals surface area contributed by atoms with E-state index in [1.165, 1.54) is 22.7 Å². The second-order valence-electron chi connectivity index (χ2n) is 8.49. The molecule has 5 heterocycles. The summed E-state index contributed by atoms with van der Waals surface area (Å²) < 4.78 is 7.42. The van der Waals surface area contributed by atoms with Gasteiger partial charge in [-0.1, -0.05) is 6.42 Å². The lowest BCUT2D eigenvalue weighted by molar-refractivity contribution is 0.0325. The predicted octanol–water partition coefficient (Wildman–Crippen LogP) is 4.33. The first-order chi connectivity index (χ1) is 15.8. The molecule has 1 aliphatic heterocycles. The van der Waals surface area contributed by atoms with Crippen LogP contribution in [0, 0.1) is 20.8 Å². The maximum atomic E-state index is 13.1. The first-order valence-corrected chi connectivity index (χ1v) is 12.6. The van der Waals surface area contributed by atoms with E-state index in [1.807, 2.05) is 13.8 Å². The van der Waals surface area contributed by atoms with E-state index >= 15 is 0 Å². The second-order valence-corrected chi connectivity index (χ2v) is 10.7. The van der Waals surface area contributed by atoms with E-state index in [9.17, 15) is 14.4 Å². The number of aryl methyl sites for hydroxylation is 4. The molecule has 0 saturated carbocycles. The number of carbonyl (C=O) groups excluding carboxylic acids is 1. The average molecular weight is 485 g/mol. The molecule has 1 atom stereocenters. The fourth-order valence-electron chi connectivity index (χ4n) is 4.34. The quantitative estimate of drug-likeness (QED) is 0.434. The standard InChI is InChI=1S/C23H24N4O4S2/c1-10-13(4)32-20-15(10)19(28)25-18(26-20)12(3)31-23(30)17-11(2)16-21(33-17)24-14-8-6-5-7-9-27(14)22(16)29/h12H,5-9H2,1-4H3,(H,25,26,28). The van der Waals surface area contributed by atoms with Gasteiger partial charge in [0.15, 0.2) is 11.9 Å². The van der Waals surface area contributed by atoms with Gasteiger partial charge in [-0.3, -0.25) is 14.2 Å². The van der Waals surface area contributed by atoms with Crippen LogP contribution in [0.15, 0.2) is 9.59 Å². The van der Waals surface area contributed by atoms with Crippen LogP contribution in [0.25, 0.3) is 20.4 Å². The Morgan fingerprint density at radius 3 is 2.58 bits per heavy atom. The smallest absolute Gasteiger partial charge is 0.349 e.